The van der Waals surface area contributed by atoms with Gasteiger partial charge in [0.15, 0.2) is 5.82 Å². The summed E-state index contributed by atoms with van der Waals surface area (Å²) in [6.45, 7) is 1.87. The summed E-state index contributed by atoms with van der Waals surface area (Å²) in [6, 6.07) is 17.4. The van der Waals surface area contributed by atoms with Crippen LogP contribution in [0, 0.1) is 12.7 Å². The summed E-state index contributed by atoms with van der Waals surface area (Å²) in [6.07, 6.45) is 4.38. The lowest BCUT2D eigenvalue weighted by Gasteiger charge is -2.08. The zero-order valence-corrected chi connectivity index (χ0v) is 20.2. The van der Waals surface area contributed by atoms with Gasteiger partial charge in [-0.25, -0.2) is 31.5 Å². The summed E-state index contributed by atoms with van der Waals surface area (Å²) in [5.41, 5.74) is 2.74. The van der Waals surface area contributed by atoms with Crippen LogP contribution >= 0.6 is 0 Å². The maximum absolute atomic E-state index is 14.2. The zero-order chi connectivity index (χ0) is 25.4. The standard InChI is InChI=1S/C27H20FN3O4S/c1-17-7-10-20(11-8-17)36(33,34)31-16-23(22-13-18(27(32)35-2)9-12-25(22)31)26-29-14-19(15-30-26)21-5-3-4-6-24(21)28/h3-16H,1-2H3. The quantitative estimate of drug-likeness (QED) is 0.306. The Bertz CT molecular complexity index is 1710. The molecule has 3 aromatic carbocycles. The SMILES string of the molecule is COC(=O)c1ccc2c(c1)c(-c1ncc(-c3ccccc3F)cn1)cn2S(=O)(=O)c1ccc(C)cc1. The Labute approximate surface area is 206 Å². The van der Waals surface area contributed by atoms with Gasteiger partial charge in [-0.05, 0) is 43.3 Å². The van der Waals surface area contributed by atoms with Crippen LogP contribution in [0.1, 0.15) is 15.9 Å². The average Bonchev–Trinajstić information content (AvgIpc) is 3.29. The number of fused-ring (bicyclic) bond motifs is 1. The number of nitrogens with zero attached hydrogens (tertiary/aromatic N) is 3. The van der Waals surface area contributed by atoms with Crippen LogP contribution in [-0.4, -0.2) is 35.4 Å². The van der Waals surface area contributed by atoms with Gasteiger partial charge in [0.25, 0.3) is 10.0 Å². The molecule has 2 heterocycles. The summed E-state index contributed by atoms with van der Waals surface area (Å²) in [7, 11) is -2.70. The van der Waals surface area contributed by atoms with Gasteiger partial charge in [-0.3, -0.25) is 0 Å². The highest BCUT2D eigenvalue weighted by Gasteiger charge is 2.24. The number of carbonyl (C=O) groups excluding carboxylic acids is 1. The van der Waals surface area contributed by atoms with Crippen LogP contribution in [0.15, 0.2) is 90.2 Å². The van der Waals surface area contributed by atoms with Crippen LogP contribution in [0.3, 0.4) is 0 Å². The lowest BCUT2D eigenvalue weighted by atomic mass is 10.1. The number of aryl methyl sites for hydroxylation is 1. The smallest absolute Gasteiger partial charge is 0.337 e. The van der Waals surface area contributed by atoms with E-state index in [1.165, 1.54) is 37.8 Å². The van der Waals surface area contributed by atoms with Crippen molar-refractivity contribution in [3.8, 4) is 22.5 Å². The molecule has 5 aromatic rings. The Morgan fingerprint density at radius 3 is 2.31 bits per heavy atom. The van der Waals surface area contributed by atoms with Gasteiger partial charge in [0.2, 0.25) is 0 Å². The van der Waals surface area contributed by atoms with Crippen molar-refractivity contribution in [1.82, 2.24) is 13.9 Å². The van der Waals surface area contributed by atoms with Gasteiger partial charge in [-0.2, -0.15) is 0 Å². The van der Waals surface area contributed by atoms with E-state index in [2.05, 4.69) is 9.97 Å². The summed E-state index contributed by atoms with van der Waals surface area (Å²) in [5, 5.41) is 0.451. The molecule has 0 saturated heterocycles. The highest BCUT2D eigenvalue weighted by molar-refractivity contribution is 7.90. The third kappa shape index (κ3) is 4.03. The molecule has 0 unspecified atom stereocenters. The van der Waals surface area contributed by atoms with Crippen molar-refractivity contribution in [2.75, 3.05) is 7.11 Å². The van der Waals surface area contributed by atoms with Gasteiger partial charge >= 0.3 is 5.97 Å². The number of carbonyl (C=O) groups is 1. The Hall–Kier alpha value is -4.37. The molecular formula is C27H20FN3O4S. The van der Waals surface area contributed by atoms with E-state index < -0.39 is 21.8 Å². The molecule has 0 radical (unpaired) electrons. The van der Waals surface area contributed by atoms with Gasteiger partial charge in [-0.1, -0.05) is 35.9 Å². The predicted molar refractivity (Wildman–Crippen MR) is 133 cm³/mol. The number of rotatable bonds is 5. The van der Waals surface area contributed by atoms with Crippen LogP contribution in [-0.2, 0) is 14.8 Å². The fraction of sp³-hybridized carbons (Fsp3) is 0.0741. The van der Waals surface area contributed by atoms with E-state index in [4.69, 9.17) is 4.74 Å². The second kappa shape index (κ2) is 9.01. The topological polar surface area (TPSA) is 91.2 Å². The lowest BCUT2D eigenvalue weighted by molar-refractivity contribution is 0.0601. The second-order valence-electron chi connectivity index (χ2n) is 8.16. The largest absolute Gasteiger partial charge is 0.465 e. The first kappa shape index (κ1) is 23.4. The molecule has 0 aliphatic carbocycles. The number of methoxy groups -OCH3 is 1. The average molecular weight is 502 g/mol. The van der Waals surface area contributed by atoms with Gasteiger partial charge in [0, 0.05) is 40.7 Å². The minimum Gasteiger partial charge on any atom is -0.465 e. The van der Waals surface area contributed by atoms with Crippen molar-refractivity contribution < 1.29 is 22.3 Å². The molecule has 0 fully saturated rings. The van der Waals surface area contributed by atoms with Gasteiger partial charge in [-0.15, -0.1) is 0 Å². The predicted octanol–water partition coefficient (Wildman–Crippen LogP) is 5.24. The number of aromatic nitrogens is 3. The van der Waals surface area contributed by atoms with Crippen molar-refractivity contribution in [3.05, 3.63) is 102 Å². The Balaban J connectivity index is 1.69. The Kier molecular flexibility index (Phi) is 5.85. The van der Waals surface area contributed by atoms with Crippen molar-refractivity contribution in [2.24, 2.45) is 0 Å². The van der Waals surface area contributed by atoms with E-state index in [1.807, 2.05) is 6.92 Å². The van der Waals surface area contributed by atoms with Crippen LogP contribution < -0.4 is 0 Å². The van der Waals surface area contributed by atoms with Crippen molar-refractivity contribution in [1.29, 1.82) is 0 Å². The number of esters is 1. The molecule has 0 N–H and O–H groups in total. The molecule has 5 rings (SSSR count). The first-order valence-corrected chi connectivity index (χ1v) is 12.4. The van der Waals surface area contributed by atoms with Gasteiger partial charge in [0.1, 0.15) is 5.82 Å². The van der Waals surface area contributed by atoms with E-state index >= 15 is 0 Å². The molecule has 9 heteroatoms. The summed E-state index contributed by atoms with van der Waals surface area (Å²) in [5.74, 6) is -0.745. The molecular weight excluding hydrogens is 481 g/mol. The molecule has 7 nitrogen and oxygen atoms in total. The maximum atomic E-state index is 14.2. The second-order valence-corrected chi connectivity index (χ2v) is 9.97. The molecule has 0 saturated carbocycles. The highest BCUT2D eigenvalue weighted by atomic mass is 32.2. The number of benzene rings is 3. The van der Waals surface area contributed by atoms with Crippen LogP contribution in [0.25, 0.3) is 33.4 Å². The van der Waals surface area contributed by atoms with E-state index in [9.17, 15) is 17.6 Å². The van der Waals surface area contributed by atoms with E-state index in [0.29, 0.717) is 27.6 Å². The van der Waals surface area contributed by atoms with Crippen molar-refractivity contribution in [2.45, 2.75) is 11.8 Å². The van der Waals surface area contributed by atoms with Gasteiger partial charge in [0.05, 0.1) is 23.1 Å². The minimum absolute atomic E-state index is 0.115. The monoisotopic (exact) mass is 501 g/mol. The zero-order valence-electron chi connectivity index (χ0n) is 19.3. The van der Waals surface area contributed by atoms with Crippen LogP contribution in [0.2, 0.25) is 0 Å². The molecule has 36 heavy (non-hydrogen) atoms. The summed E-state index contributed by atoms with van der Waals surface area (Å²) >= 11 is 0. The highest BCUT2D eigenvalue weighted by Crippen LogP contribution is 2.33. The fourth-order valence-corrected chi connectivity index (χ4v) is 5.32. The number of ether oxygens (including phenoxy) is 1. The van der Waals surface area contributed by atoms with Gasteiger partial charge < -0.3 is 4.74 Å². The molecule has 0 aliphatic rings. The Morgan fingerprint density at radius 2 is 1.64 bits per heavy atom. The maximum Gasteiger partial charge on any atom is 0.337 e. The fourth-order valence-electron chi connectivity index (χ4n) is 3.95. The third-order valence-electron chi connectivity index (χ3n) is 5.85. The Morgan fingerprint density at radius 1 is 0.944 bits per heavy atom. The number of hydrogen-bond acceptors (Lipinski definition) is 6. The minimum atomic E-state index is -3.97. The molecule has 0 bridgehead atoms. The third-order valence-corrected chi connectivity index (χ3v) is 7.53. The van der Waals surface area contributed by atoms with E-state index in [1.54, 1.807) is 54.6 Å². The molecule has 180 valence electrons. The first-order valence-electron chi connectivity index (χ1n) is 10.9. The molecule has 0 aliphatic heterocycles. The molecule has 0 spiro atoms. The lowest BCUT2D eigenvalue weighted by Crippen LogP contribution is -2.12. The normalized spacial score (nSPS) is 11.5. The number of hydrogen-bond donors (Lipinski definition) is 0. The summed E-state index contributed by atoms with van der Waals surface area (Å²) in [4.78, 5) is 21.1. The molecule has 0 atom stereocenters. The van der Waals surface area contributed by atoms with E-state index in [-0.39, 0.29) is 16.3 Å². The van der Waals surface area contributed by atoms with Crippen LogP contribution in [0.5, 0.6) is 0 Å². The number of halogens is 1. The summed E-state index contributed by atoms with van der Waals surface area (Å²) < 4.78 is 47.3. The van der Waals surface area contributed by atoms with Crippen molar-refractivity contribution in [3.63, 3.8) is 0 Å². The molecule has 2 aromatic heterocycles. The van der Waals surface area contributed by atoms with E-state index in [0.717, 1.165) is 9.54 Å². The molecule has 0 amide bonds. The first-order chi connectivity index (χ1) is 17.3. The van der Waals surface area contributed by atoms with Crippen molar-refractivity contribution >= 4 is 26.9 Å². The van der Waals surface area contributed by atoms with Crippen LogP contribution in [0.4, 0.5) is 4.39 Å².